The number of primary amides is 1. The number of halogens is 5. The van der Waals surface area contributed by atoms with Gasteiger partial charge in [0.1, 0.15) is 10.2 Å². The number of urea groups is 1. The van der Waals surface area contributed by atoms with E-state index in [-0.39, 0.29) is 29.7 Å². The third-order valence-corrected chi connectivity index (χ3v) is 7.57. The summed E-state index contributed by atoms with van der Waals surface area (Å²) in [6, 6.07) is 4.87. The zero-order valence-corrected chi connectivity index (χ0v) is 20.3. The molecule has 0 radical (unpaired) electrons. The summed E-state index contributed by atoms with van der Waals surface area (Å²) in [5.41, 5.74) is 5.93. The Labute approximate surface area is 211 Å². The second-order valence-corrected chi connectivity index (χ2v) is 10.3. The van der Waals surface area contributed by atoms with E-state index in [4.69, 9.17) is 22.1 Å². The molecule has 2 heterocycles. The number of ether oxygens (including phenoxy) is 1. The predicted molar refractivity (Wildman–Crippen MR) is 127 cm³/mol. The smallest absolute Gasteiger partial charge is 0.314 e. The van der Waals surface area contributed by atoms with E-state index < -0.39 is 35.2 Å². The molecule has 6 nitrogen and oxygen atoms in total. The number of amides is 2. The van der Waals surface area contributed by atoms with Gasteiger partial charge in [0.15, 0.2) is 28.3 Å². The number of hydrogen-bond donors (Lipinski definition) is 2. The number of nitrogens with two attached hydrogens (primary N) is 1. The third-order valence-electron chi connectivity index (χ3n) is 5.58. The number of rotatable bonds is 7. The van der Waals surface area contributed by atoms with Crippen molar-refractivity contribution in [1.82, 2.24) is 9.88 Å². The van der Waals surface area contributed by atoms with Crippen LogP contribution in [0.3, 0.4) is 0 Å². The highest BCUT2D eigenvalue weighted by Crippen LogP contribution is 2.36. The van der Waals surface area contributed by atoms with Crippen LogP contribution in [-0.4, -0.2) is 35.6 Å². The van der Waals surface area contributed by atoms with Crippen LogP contribution in [0.4, 0.5) is 27.5 Å². The Morgan fingerprint density at radius 2 is 2.00 bits per heavy atom. The van der Waals surface area contributed by atoms with E-state index in [0.29, 0.717) is 28.0 Å². The summed E-state index contributed by atoms with van der Waals surface area (Å²) in [6.07, 6.45) is 1.85. The first-order valence-electron chi connectivity index (χ1n) is 10.4. The molecular weight excluding hydrogens is 528 g/mol. The lowest BCUT2D eigenvalue weighted by Gasteiger charge is -2.38. The summed E-state index contributed by atoms with van der Waals surface area (Å²) in [7, 11) is 0. The highest BCUT2D eigenvalue weighted by atomic mass is 35.5. The molecule has 1 aliphatic rings. The number of likely N-dealkylation sites (tertiary alicyclic amines) is 1. The number of benzene rings is 2. The topological polar surface area (TPSA) is 80.5 Å². The number of hydrogen-bond acceptors (Lipinski definition) is 6. The number of piperidine rings is 1. The summed E-state index contributed by atoms with van der Waals surface area (Å²) in [5, 5.41) is 0.430. The van der Waals surface area contributed by atoms with Gasteiger partial charge in [-0.1, -0.05) is 29.0 Å². The molecular formula is C22H19ClF4N4O2S2. The fourth-order valence-electron chi connectivity index (χ4n) is 3.88. The highest BCUT2D eigenvalue weighted by molar-refractivity contribution is 8.00. The van der Waals surface area contributed by atoms with Crippen LogP contribution < -0.4 is 15.2 Å². The van der Waals surface area contributed by atoms with Gasteiger partial charge >= 0.3 is 6.03 Å². The van der Waals surface area contributed by atoms with Gasteiger partial charge in [0.25, 0.3) is 0 Å². The van der Waals surface area contributed by atoms with Crippen molar-refractivity contribution in [3.8, 4) is 5.75 Å². The minimum Gasteiger partial charge on any atom is -0.490 e. The van der Waals surface area contributed by atoms with Gasteiger partial charge in [0, 0.05) is 25.1 Å². The van der Waals surface area contributed by atoms with Crippen LogP contribution in [0, 0.1) is 29.2 Å². The van der Waals surface area contributed by atoms with E-state index >= 15 is 0 Å². The third kappa shape index (κ3) is 6.11. The maximum absolute atomic E-state index is 14.7. The molecule has 0 saturated carbocycles. The van der Waals surface area contributed by atoms with Gasteiger partial charge < -0.3 is 20.1 Å². The van der Waals surface area contributed by atoms with Crippen LogP contribution >= 0.6 is 34.9 Å². The maximum atomic E-state index is 14.7. The minimum atomic E-state index is -0.991. The Balaban J connectivity index is 1.48. The average molecular weight is 547 g/mol. The normalized spacial score (nSPS) is 17.9. The average Bonchev–Trinajstić information content (AvgIpc) is 3.25. The predicted octanol–water partition coefficient (Wildman–Crippen LogP) is 6.04. The summed E-state index contributed by atoms with van der Waals surface area (Å²) < 4.78 is 65.4. The Morgan fingerprint density at radius 1 is 1.20 bits per heavy atom. The van der Waals surface area contributed by atoms with Gasteiger partial charge in [-0.05, 0) is 48.0 Å². The first kappa shape index (κ1) is 25.4. The van der Waals surface area contributed by atoms with Crippen LogP contribution in [0.25, 0.3) is 0 Å². The summed E-state index contributed by atoms with van der Waals surface area (Å²) in [4.78, 5) is 17.0. The lowest BCUT2D eigenvalue weighted by Crippen LogP contribution is -2.47. The zero-order valence-electron chi connectivity index (χ0n) is 17.9. The largest absolute Gasteiger partial charge is 0.490 e. The lowest BCUT2D eigenvalue weighted by atomic mass is 9.81. The number of nitrogens with zero attached hydrogens (tertiary/aromatic N) is 2. The first-order valence-corrected chi connectivity index (χ1v) is 12.4. The van der Waals surface area contributed by atoms with Crippen LogP contribution in [0.1, 0.15) is 17.9 Å². The van der Waals surface area contributed by atoms with Crippen molar-refractivity contribution in [1.29, 1.82) is 0 Å². The highest BCUT2D eigenvalue weighted by Gasteiger charge is 2.33. The maximum Gasteiger partial charge on any atom is 0.314 e. The molecule has 1 unspecified atom stereocenters. The molecule has 1 fully saturated rings. The number of aromatic nitrogens is 1. The van der Waals surface area contributed by atoms with Gasteiger partial charge in [0.05, 0.1) is 17.7 Å². The van der Waals surface area contributed by atoms with Gasteiger partial charge in [-0.25, -0.2) is 27.3 Å². The fraction of sp³-hybridized carbons (Fsp3) is 0.273. The molecule has 1 aliphatic heterocycles. The van der Waals surface area contributed by atoms with Crippen molar-refractivity contribution in [2.45, 2.75) is 17.2 Å². The van der Waals surface area contributed by atoms with E-state index in [2.05, 4.69) is 9.71 Å². The molecule has 0 aliphatic carbocycles. The van der Waals surface area contributed by atoms with Crippen LogP contribution in [0.5, 0.6) is 5.75 Å². The number of nitrogens with one attached hydrogen (secondary N) is 1. The first-order chi connectivity index (χ1) is 16.7. The molecule has 0 bridgehead atoms. The van der Waals surface area contributed by atoms with Gasteiger partial charge in [-0.15, -0.1) is 0 Å². The molecule has 4 rings (SSSR count). The Hall–Kier alpha value is -2.70. The molecule has 2 amide bonds. The van der Waals surface area contributed by atoms with E-state index in [0.717, 1.165) is 47.6 Å². The molecule has 13 heteroatoms. The molecule has 3 aromatic rings. The monoisotopic (exact) mass is 546 g/mol. The summed E-state index contributed by atoms with van der Waals surface area (Å²) >= 11 is 7.78. The Bertz CT molecular complexity index is 1230. The van der Waals surface area contributed by atoms with Crippen LogP contribution in [0.2, 0.25) is 4.34 Å². The SMILES string of the molecule is NC(=O)N1CCC(c2ccc(F)c(F)c2)[C@H](COc2cc(F)c(SNc3ncc(Cl)s3)cc2F)C1. The second-order valence-electron chi connectivity index (χ2n) is 7.81. The Morgan fingerprint density at radius 3 is 2.69 bits per heavy atom. The van der Waals surface area contributed by atoms with Crippen LogP contribution in [0.15, 0.2) is 41.4 Å². The molecule has 1 aromatic heterocycles. The van der Waals surface area contributed by atoms with Crippen molar-refractivity contribution >= 4 is 46.0 Å². The Kier molecular flexibility index (Phi) is 7.92. The fourth-order valence-corrected chi connectivity index (χ4v) is 5.40. The van der Waals surface area contributed by atoms with E-state index in [1.54, 1.807) is 0 Å². The summed E-state index contributed by atoms with van der Waals surface area (Å²) in [5.74, 6) is -4.52. The molecule has 0 spiro atoms. The molecule has 186 valence electrons. The van der Waals surface area contributed by atoms with Crippen molar-refractivity contribution in [2.24, 2.45) is 11.7 Å². The lowest BCUT2D eigenvalue weighted by molar-refractivity contribution is 0.124. The van der Waals surface area contributed by atoms with Crippen molar-refractivity contribution < 1.29 is 27.1 Å². The number of carbonyl (C=O) groups is 1. The molecule has 1 saturated heterocycles. The molecule has 35 heavy (non-hydrogen) atoms. The molecule has 3 N–H and O–H groups in total. The standard InChI is InChI=1S/C22H19ClF4N4O2S2/c23-20-8-29-22(34-20)30-35-19-7-16(26)18(6-17(19)27)33-10-12-9-31(21(28)32)4-3-13(12)11-1-2-14(24)15(25)5-11/h1-2,5-8,12-13H,3-4,9-10H2,(H2,28,32)(H,29,30)/t12-,13?/m0/s1. The van der Waals surface area contributed by atoms with Gasteiger partial charge in [-0.3, -0.25) is 0 Å². The second kappa shape index (κ2) is 10.9. The number of anilines is 1. The zero-order chi connectivity index (χ0) is 25.1. The van der Waals surface area contributed by atoms with Crippen molar-refractivity contribution in [3.63, 3.8) is 0 Å². The number of carbonyl (C=O) groups excluding carboxylic acids is 1. The van der Waals surface area contributed by atoms with Crippen LogP contribution in [-0.2, 0) is 0 Å². The minimum absolute atomic E-state index is 0.0154. The quantitative estimate of drug-likeness (QED) is 0.279. The summed E-state index contributed by atoms with van der Waals surface area (Å²) in [6.45, 7) is 0.380. The van der Waals surface area contributed by atoms with E-state index in [9.17, 15) is 22.4 Å². The van der Waals surface area contributed by atoms with E-state index in [1.165, 1.54) is 17.2 Å². The molecule has 2 atom stereocenters. The van der Waals surface area contributed by atoms with E-state index in [1.807, 2.05) is 0 Å². The van der Waals surface area contributed by atoms with Gasteiger partial charge in [-0.2, -0.15) is 0 Å². The molecule has 2 aromatic carbocycles. The van der Waals surface area contributed by atoms with Crippen molar-refractivity contribution in [2.75, 3.05) is 24.4 Å². The van der Waals surface area contributed by atoms with Gasteiger partial charge in [0.2, 0.25) is 0 Å². The number of thiazole rings is 1. The van der Waals surface area contributed by atoms with Crippen molar-refractivity contribution in [3.05, 3.63) is 69.7 Å².